The molecule has 2 atom stereocenters. The topological polar surface area (TPSA) is 16.4 Å². The molecule has 3 aliphatic rings. The van der Waals surface area contributed by atoms with E-state index in [4.69, 9.17) is 4.42 Å². The highest BCUT2D eigenvalue weighted by atomic mass is 16.3. The van der Waals surface area contributed by atoms with Gasteiger partial charge < -0.3 is 9.32 Å². The number of benzene rings is 8. The van der Waals surface area contributed by atoms with Gasteiger partial charge in [-0.2, -0.15) is 0 Å². The summed E-state index contributed by atoms with van der Waals surface area (Å²) in [6.07, 6.45) is 9.29. The second kappa shape index (κ2) is 12.9. The highest BCUT2D eigenvalue weighted by Crippen LogP contribution is 2.62. The first-order valence-electron chi connectivity index (χ1n) is 20.8. The second-order valence-electron chi connectivity index (χ2n) is 16.7. The number of rotatable bonds is 5. The molecule has 2 unspecified atom stereocenters. The third-order valence-electron chi connectivity index (χ3n) is 13.2. The fourth-order valence-corrected chi connectivity index (χ4v) is 10.8. The van der Waals surface area contributed by atoms with Crippen molar-refractivity contribution in [1.29, 1.82) is 0 Å². The van der Waals surface area contributed by atoms with E-state index in [-0.39, 0.29) is 17.3 Å². The van der Waals surface area contributed by atoms with E-state index in [1.807, 2.05) is 0 Å². The lowest BCUT2D eigenvalue weighted by Gasteiger charge is -2.37. The van der Waals surface area contributed by atoms with E-state index in [9.17, 15) is 0 Å². The Labute approximate surface area is 344 Å². The van der Waals surface area contributed by atoms with Crippen LogP contribution in [0.2, 0.25) is 0 Å². The van der Waals surface area contributed by atoms with Crippen molar-refractivity contribution in [2.75, 3.05) is 4.90 Å². The minimum absolute atomic E-state index is 0.167. The van der Waals surface area contributed by atoms with E-state index in [1.165, 1.54) is 77.0 Å². The minimum atomic E-state index is -0.205. The Balaban J connectivity index is 1.05. The molecule has 0 radical (unpaired) electrons. The van der Waals surface area contributed by atoms with Crippen LogP contribution in [0.15, 0.2) is 210 Å². The van der Waals surface area contributed by atoms with Gasteiger partial charge in [0.15, 0.2) is 5.58 Å². The van der Waals surface area contributed by atoms with E-state index in [2.05, 4.69) is 219 Å². The summed E-state index contributed by atoms with van der Waals surface area (Å²) in [5, 5.41) is 6.24. The molecule has 0 N–H and O–H groups in total. The maximum Gasteiger partial charge on any atom is 0.159 e. The van der Waals surface area contributed by atoms with Crippen LogP contribution in [0, 0.1) is 5.92 Å². The van der Waals surface area contributed by atoms with Crippen molar-refractivity contribution < 1.29 is 4.42 Å². The molecule has 0 saturated heterocycles. The van der Waals surface area contributed by atoms with Crippen LogP contribution in [-0.2, 0) is 5.41 Å². The summed E-state index contributed by atoms with van der Waals surface area (Å²) >= 11 is 0. The summed E-state index contributed by atoms with van der Waals surface area (Å²) in [6, 6.07) is 64.0. The zero-order chi connectivity index (χ0) is 39.2. The van der Waals surface area contributed by atoms with E-state index in [0.717, 1.165) is 28.4 Å². The summed E-state index contributed by atoms with van der Waals surface area (Å²) in [6.45, 7) is 4.84. The van der Waals surface area contributed by atoms with Crippen molar-refractivity contribution >= 4 is 55.1 Å². The molecule has 0 aliphatic heterocycles. The average Bonchev–Trinajstić information content (AvgIpc) is 3.80. The van der Waals surface area contributed by atoms with Gasteiger partial charge in [-0.05, 0) is 96.9 Å². The van der Waals surface area contributed by atoms with Crippen molar-refractivity contribution in [1.82, 2.24) is 0 Å². The molecule has 280 valence electrons. The number of para-hydroxylation sites is 2. The second-order valence-corrected chi connectivity index (χ2v) is 16.7. The van der Waals surface area contributed by atoms with Crippen LogP contribution in [0.25, 0.3) is 60.3 Å². The predicted molar refractivity (Wildman–Crippen MR) is 247 cm³/mol. The lowest BCUT2D eigenvalue weighted by Crippen LogP contribution is -2.28. The largest absolute Gasteiger partial charge is 0.454 e. The van der Waals surface area contributed by atoms with Gasteiger partial charge in [-0.25, -0.2) is 0 Å². The molecule has 9 aromatic rings. The molecule has 0 saturated carbocycles. The Bertz CT molecular complexity index is 3230. The molecule has 3 aliphatic carbocycles. The lowest BCUT2D eigenvalue weighted by atomic mass is 9.65. The Morgan fingerprint density at radius 2 is 1.10 bits per heavy atom. The zero-order valence-corrected chi connectivity index (χ0v) is 33.1. The van der Waals surface area contributed by atoms with Crippen LogP contribution in [0.3, 0.4) is 0 Å². The monoisotopic (exact) mass is 755 g/mol. The number of allylic oxidation sites excluding steroid dienone is 5. The first kappa shape index (κ1) is 33.9. The lowest BCUT2D eigenvalue weighted by molar-refractivity contribution is 0.507. The van der Waals surface area contributed by atoms with E-state index >= 15 is 0 Å². The molecule has 0 fully saturated rings. The summed E-state index contributed by atoms with van der Waals surface area (Å²) in [4.78, 5) is 2.36. The summed E-state index contributed by atoms with van der Waals surface area (Å²) in [7, 11) is 0. The zero-order valence-electron chi connectivity index (χ0n) is 33.1. The normalized spacial score (nSPS) is 17.3. The molecule has 1 heterocycles. The summed E-state index contributed by atoms with van der Waals surface area (Å²) in [5.74, 6) is 1.40. The molecule has 0 spiro atoms. The maximum absolute atomic E-state index is 7.43. The SMILES string of the molecule is CC1(C)C2=C(c3cccc(-c4ccccc4)c31)c1oc3c(N(c4ccccc4)c4ccc(-c5cc6ccccc6c6ccccc56)cc4)cccc3c1C1C=CC=CC21. The Morgan fingerprint density at radius 3 is 1.90 bits per heavy atom. The van der Waals surface area contributed by atoms with Gasteiger partial charge in [0.2, 0.25) is 0 Å². The predicted octanol–water partition coefficient (Wildman–Crippen LogP) is 15.5. The van der Waals surface area contributed by atoms with Gasteiger partial charge in [-0.15, -0.1) is 0 Å². The molecule has 2 nitrogen and oxygen atoms in total. The van der Waals surface area contributed by atoms with Gasteiger partial charge in [0.1, 0.15) is 5.76 Å². The van der Waals surface area contributed by atoms with Crippen LogP contribution in [0.1, 0.15) is 42.2 Å². The smallest absolute Gasteiger partial charge is 0.159 e. The molecule has 12 rings (SSSR count). The van der Waals surface area contributed by atoms with Gasteiger partial charge in [0.05, 0.1) is 5.69 Å². The van der Waals surface area contributed by atoms with Crippen LogP contribution in [-0.4, -0.2) is 0 Å². The van der Waals surface area contributed by atoms with Gasteiger partial charge in [0, 0.05) is 45.1 Å². The highest BCUT2D eigenvalue weighted by Gasteiger charge is 2.50. The Hall–Kier alpha value is -7.16. The molecule has 2 heteroatoms. The van der Waals surface area contributed by atoms with E-state index in [0.29, 0.717) is 0 Å². The van der Waals surface area contributed by atoms with Crippen LogP contribution >= 0.6 is 0 Å². The molecule has 8 aromatic carbocycles. The van der Waals surface area contributed by atoms with Gasteiger partial charge >= 0.3 is 0 Å². The number of hydrogen-bond acceptors (Lipinski definition) is 2. The van der Waals surface area contributed by atoms with Gasteiger partial charge in [-0.1, -0.05) is 178 Å². The van der Waals surface area contributed by atoms with Crippen molar-refractivity contribution in [3.63, 3.8) is 0 Å². The van der Waals surface area contributed by atoms with Crippen molar-refractivity contribution in [2.24, 2.45) is 5.92 Å². The van der Waals surface area contributed by atoms with Crippen molar-refractivity contribution in [3.8, 4) is 22.3 Å². The number of nitrogens with zero attached hydrogens (tertiary/aromatic N) is 1. The van der Waals surface area contributed by atoms with Crippen LogP contribution < -0.4 is 4.90 Å². The highest BCUT2D eigenvalue weighted by molar-refractivity contribution is 6.14. The Morgan fingerprint density at radius 1 is 0.492 bits per heavy atom. The summed E-state index contributed by atoms with van der Waals surface area (Å²) < 4.78 is 7.43. The molecule has 1 aromatic heterocycles. The van der Waals surface area contributed by atoms with Crippen LogP contribution in [0.5, 0.6) is 0 Å². The van der Waals surface area contributed by atoms with E-state index < -0.39 is 0 Å². The quantitative estimate of drug-likeness (QED) is 0.163. The van der Waals surface area contributed by atoms with Crippen molar-refractivity contribution in [3.05, 3.63) is 228 Å². The number of anilines is 3. The van der Waals surface area contributed by atoms with Gasteiger partial charge in [-0.3, -0.25) is 0 Å². The fourth-order valence-electron chi connectivity index (χ4n) is 10.8. The van der Waals surface area contributed by atoms with Gasteiger partial charge in [0.25, 0.3) is 0 Å². The van der Waals surface area contributed by atoms with E-state index in [1.54, 1.807) is 0 Å². The average molecular weight is 756 g/mol. The summed E-state index contributed by atoms with van der Waals surface area (Å²) in [5.41, 5.74) is 15.5. The first-order chi connectivity index (χ1) is 29.1. The number of furan rings is 1. The number of hydrogen-bond donors (Lipinski definition) is 0. The molecule has 0 amide bonds. The third kappa shape index (κ3) is 4.99. The standard InChI is InChI=1S/C57H41NO/c1-57(2)53-42(36-17-5-3-6-18-36)27-15-28-47(53)52-54(57)46-26-14-13-25-45(46)51-48-29-16-30-50(55(48)59-56(51)52)58(39-20-7-4-8-21-39)40-33-31-37(32-34-40)49-35-38-19-9-10-22-41(38)43-23-11-12-24-44(43)49/h3-35,45-46H,1-2H3. The van der Waals surface area contributed by atoms with Crippen molar-refractivity contribution in [2.45, 2.75) is 25.2 Å². The third-order valence-corrected chi connectivity index (χ3v) is 13.2. The first-order valence-corrected chi connectivity index (χ1v) is 20.8. The molecule has 59 heavy (non-hydrogen) atoms. The molecular weight excluding hydrogens is 715 g/mol. The fraction of sp³-hybridized carbons (Fsp3) is 0.0877. The van der Waals surface area contributed by atoms with Crippen LogP contribution in [0.4, 0.5) is 17.1 Å². The minimum Gasteiger partial charge on any atom is -0.454 e. The Kier molecular flexibility index (Phi) is 7.43. The number of fused-ring (bicyclic) bond motifs is 12. The maximum atomic E-state index is 7.43. The molecular formula is C57H41NO. The molecule has 0 bridgehead atoms.